The lowest BCUT2D eigenvalue weighted by Gasteiger charge is -2.41. The third kappa shape index (κ3) is 21.4. The highest BCUT2D eigenvalue weighted by molar-refractivity contribution is 6.34. The van der Waals surface area contributed by atoms with Crippen LogP contribution in [-0.4, -0.2) is 87.9 Å². The molecule has 15 rings (SSSR count). The molecule has 6 aliphatic rings. The summed E-state index contributed by atoms with van der Waals surface area (Å²) in [4.78, 5) is 87.5. The zero-order valence-corrected chi connectivity index (χ0v) is 70.5. The fourth-order valence-electron chi connectivity index (χ4n) is 18.2. The van der Waals surface area contributed by atoms with E-state index in [1.54, 1.807) is 72.2 Å². The van der Waals surface area contributed by atoms with E-state index in [2.05, 4.69) is 31.9 Å². The van der Waals surface area contributed by atoms with Crippen LogP contribution in [0.4, 0.5) is 69.2 Å². The highest BCUT2D eigenvalue weighted by Gasteiger charge is 2.45. The number of aryl methyl sites for hydroxylation is 5. The Morgan fingerprint density at radius 2 is 0.639 bits per heavy atom. The van der Waals surface area contributed by atoms with Gasteiger partial charge in [-0.1, -0.05) is 153 Å². The van der Waals surface area contributed by atoms with E-state index in [0.29, 0.717) is 114 Å². The molecule has 0 bridgehead atoms. The first-order valence-corrected chi connectivity index (χ1v) is 43.0. The van der Waals surface area contributed by atoms with Gasteiger partial charge in [0, 0.05) is 76.9 Å². The number of rotatable bonds is 18. The number of alkyl halides is 6. The lowest BCUT2D eigenvalue weighted by molar-refractivity contribution is -0.138. The molecule has 15 nitrogen and oxygen atoms in total. The topological polar surface area (TPSA) is 184 Å². The summed E-state index contributed by atoms with van der Waals surface area (Å²) in [5, 5.41) is 20.0. The van der Waals surface area contributed by atoms with Crippen molar-refractivity contribution in [1.29, 1.82) is 0 Å². The van der Waals surface area contributed by atoms with Gasteiger partial charge in [-0.2, -0.15) is 26.3 Å². The number of likely N-dealkylation sites (tertiary alicyclic amines) is 3. The molecule has 3 aliphatic heterocycles. The second kappa shape index (κ2) is 39.6. The predicted octanol–water partition coefficient (Wildman–Crippen LogP) is 24.0. The van der Waals surface area contributed by atoms with Crippen LogP contribution in [-0.2, 0) is 26.7 Å². The SMILES string of the molecule is Cc1ccc(NC(=O)[C@H]2CCCN(C(=O)c3c(C)cccc3F)[C@H]2c2ccc(NC3CCCC3)cc2)cc1C(F)(F)F.Cc1ccc(NC(=O)[C@H]2CCCN(C(=O)c3c(C)cccc3F)[C@H]2c2ccc(NC3CCCC3)cc2)cc1Cl.Cc1ccc(NC(=O)[C@H]2CCCN(C(=O)c3ccccc3Cl)[C@H]2c2ccc(NC3CCCC3)cc2)cc1C(F)(F)F. The van der Waals surface area contributed by atoms with Crippen LogP contribution in [0, 0.1) is 64.0 Å². The van der Waals surface area contributed by atoms with Crippen LogP contribution in [0.5, 0.6) is 0 Å². The van der Waals surface area contributed by atoms with Crippen LogP contribution in [0.25, 0.3) is 0 Å². The van der Waals surface area contributed by atoms with Gasteiger partial charge in [-0.15, -0.1) is 0 Å². The van der Waals surface area contributed by atoms with Crippen LogP contribution in [0.15, 0.2) is 188 Å². The molecular weight excluding hydrogens is 1610 g/mol. The van der Waals surface area contributed by atoms with Gasteiger partial charge in [-0.3, -0.25) is 28.8 Å². The highest BCUT2D eigenvalue weighted by atomic mass is 35.5. The summed E-state index contributed by atoms with van der Waals surface area (Å²) in [6.45, 7) is 9.24. The number of benzene rings is 9. The average Bonchev–Trinajstić information content (AvgIpc) is 0.868. The van der Waals surface area contributed by atoms with Gasteiger partial charge in [0.25, 0.3) is 17.7 Å². The highest BCUT2D eigenvalue weighted by Crippen LogP contribution is 2.45. The normalized spacial score (nSPS) is 19.6. The largest absolute Gasteiger partial charge is 0.416 e. The van der Waals surface area contributed by atoms with E-state index >= 15 is 0 Å². The number of amides is 6. The molecule has 0 radical (unpaired) electrons. The molecule has 9 aromatic rings. The number of nitrogens with zero attached hydrogens (tertiary/aromatic N) is 3. The van der Waals surface area contributed by atoms with Crippen molar-refractivity contribution in [3.63, 3.8) is 0 Å². The average molecular weight is 1710 g/mol. The minimum Gasteiger partial charge on any atom is -0.382 e. The molecule has 642 valence electrons. The second-order valence-electron chi connectivity index (χ2n) is 33.1. The molecule has 0 aromatic heterocycles. The van der Waals surface area contributed by atoms with Crippen LogP contribution in [0.2, 0.25) is 10.0 Å². The predicted molar refractivity (Wildman–Crippen MR) is 465 cm³/mol. The van der Waals surface area contributed by atoms with E-state index in [1.165, 1.54) is 113 Å². The molecule has 6 fully saturated rings. The summed E-state index contributed by atoms with van der Waals surface area (Å²) in [5.41, 5.74) is 6.85. The Labute approximate surface area is 717 Å². The van der Waals surface area contributed by atoms with Crippen molar-refractivity contribution in [2.24, 2.45) is 17.8 Å². The van der Waals surface area contributed by atoms with Crippen LogP contribution in [0.3, 0.4) is 0 Å². The van der Waals surface area contributed by atoms with E-state index < -0.39 is 88.7 Å². The molecule has 6 N–H and O–H groups in total. The van der Waals surface area contributed by atoms with Crippen molar-refractivity contribution in [3.05, 3.63) is 282 Å². The fraction of sp³-hybridized carbons (Fsp3) is 0.381. The number of carbonyl (C=O) groups excluding carboxylic acids is 6. The number of anilines is 6. The Kier molecular flexibility index (Phi) is 28.9. The van der Waals surface area contributed by atoms with Gasteiger partial charge in [-0.25, -0.2) is 8.78 Å². The van der Waals surface area contributed by atoms with E-state index in [0.717, 1.165) is 71.6 Å². The van der Waals surface area contributed by atoms with Crippen molar-refractivity contribution >= 4 is 92.8 Å². The lowest BCUT2D eigenvalue weighted by atomic mass is 9.83. The minimum absolute atomic E-state index is 0.0289. The maximum atomic E-state index is 14.9. The van der Waals surface area contributed by atoms with Gasteiger partial charge in [0.15, 0.2) is 0 Å². The van der Waals surface area contributed by atoms with E-state index in [9.17, 15) is 63.9 Å². The molecule has 122 heavy (non-hydrogen) atoms. The Morgan fingerprint density at radius 1 is 0.328 bits per heavy atom. The summed E-state index contributed by atoms with van der Waals surface area (Å²) in [6, 6.07) is 51.6. The molecular formula is C97H103Cl2F8N9O6. The Balaban J connectivity index is 0.000000158. The molecule has 6 amide bonds. The number of piperidine rings is 3. The monoisotopic (exact) mass is 1710 g/mol. The van der Waals surface area contributed by atoms with E-state index in [-0.39, 0.29) is 51.4 Å². The van der Waals surface area contributed by atoms with Gasteiger partial charge in [0.05, 0.1) is 68.7 Å². The first-order valence-electron chi connectivity index (χ1n) is 42.3. The third-order valence-electron chi connectivity index (χ3n) is 24.7. The molecule has 3 heterocycles. The quantitative estimate of drug-likeness (QED) is 0.0455. The number of nitrogens with one attached hydrogen (secondary N) is 6. The molecule has 25 heteroatoms. The molecule has 3 saturated carbocycles. The fourth-order valence-corrected chi connectivity index (χ4v) is 18.6. The maximum Gasteiger partial charge on any atom is 0.416 e. The minimum atomic E-state index is -4.56. The molecule has 0 unspecified atom stereocenters. The molecule has 0 spiro atoms. The number of carbonyl (C=O) groups is 6. The van der Waals surface area contributed by atoms with Crippen molar-refractivity contribution < 1.29 is 63.9 Å². The second-order valence-corrected chi connectivity index (χ2v) is 34.0. The van der Waals surface area contributed by atoms with Crippen molar-refractivity contribution in [2.45, 2.75) is 199 Å². The van der Waals surface area contributed by atoms with Gasteiger partial charge in [-0.05, 0) is 253 Å². The van der Waals surface area contributed by atoms with Gasteiger partial charge >= 0.3 is 12.4 Å². The zero-order chi connectivity index (χ0) is 86.7. The Morgan fingerprint density at radius 3 is 0.959 bits per heavy atom. The standard InChI is InChI=1S/C33H35F4N3O2.C32H33ClF3N3O2.C32H35ClFN3O2/c1-20-12-15-25(19-27(20)33(35,36)37)39-31(41)26-10-6-18-40(32(42)29-21(2)7-5-11-28(29)34)30(26)22-13-16-24(17-14-22)38-23-8-3-4-9-23;1-20-12-15-24(19-27(20)32(34,35)36)38-30(40)26-10-6-18-39(31(41)25-9-4-5-11-28(25)33)29(26)21-13-16-23(17-14-21)37-22-7-2-3-8-22;1-20-12-15-25(19-27(20)33)36-31(38)26-10-6-18-37(32(39)29-21(2)7-5-11-28(29)34)30(26)22-13-16-24(17-14-22)35-23-8-3-4-9-23/h5,7,11-17,19,23,26,30,38H,3-4,6,8-10,18H2,1-2H3,(H,39,41);4-5,9,11-17,19,22,26,29,37H,2-3,6-8,10,18H2,1H3,(H,38,40);5,7,11-17,19,23,26,30,35H,3-4,6,8-10,18H2,1-2H3,(H,36,38)/t26-,30-;26-,29-;26-,30-/m000/s1. The Bertz CT molecular complexity index is 5190. The third-order valence-corrected chi connectivity index (χ3v) is 25.4. The first-order chi connectivity index (χ1) is 58.4. The van der Waals surface area contributed by atoms with Crippen molar-refractivity contribution in [3.8, 4) is 0 Å². The number of halogens is 10. The van der Waals surface area contributed by atoms with Crippen molar-refractivity contribution in [1.82, 2.24) is 14.7 Å². The summed E-state index contributed by atoms with van der Waals surface area (Å²) in [7, 11) is 0. The van der Waals surface area contributed by atoms with Gasteiger partial charge in [0.1, 0.15) is 11.6 Å². The lowest BCUT2D eigenvalue weighted by Crippen LogP contribution is -2.46. The maximum absolute atomic E-state index is 14.9. The summed E-state index contributed by atoms with van der Waals surface area (Å²) in [5.74, 6) is -5.45. The first kappa shape index (κ1) is 89.0. The zero-order valence-electron chi connectivity index (χ0n) is 69.0. The van der Waals surface area contributed by atoms with Crippen LogP contribution >= 0.6 is 23.2 Å². The van der Waals surface area contributed by atoms with Gasteiger partial charge < -0.3 is 46.6 Å². The van der Waals surface area contributed by atoms with Gasteiger partial charge in [0.2, 0.25) is 17.7 Å². The van der Waals surface area contributed by atoms with E-state index in [1.807, 2.05) is 91.9 Å². The van der Waals surface area contributed by atoms with Crippen molar-refractivity contribution in [2.75, 3.05) is 51.5 Å². The number of hydrogen-bond acceptors (Lipinski definition) is 9. The molecule has 3 aliphatic carbocycles. The molecule has 3 saturated heterocycles. The van der Waals surface area contributed by atoms with Crippen LogP contribution < -0.4 is 31.9 Å². The number of hydrogen-bond donors (Lipinski definition) is 6. The summed E-state index contributed by atoms with van der Waals surface area (Å²) in [6.07, 6.45) is 8.16. The summed E-state index contributed by atoms with van der Waals surface area (Å²) >= 11 is 12.7. The molecule has 6 atom stereocenters. The Hall–Kier alpha value is -10.8. The summed E-state index contributed by atoms with van der Waals surface area (Å²) < 4.78 is 111. The smallest absolute Gasteiger partial charge is 0.382 e. The van der Waals surface area contributed by atoms with E-state index in [4.69, 9.17) is 23.2 Å². The molecule has 9 aromatic carbocycles. The van der Waals surface area contributed by atoms with Crippen LogP contribution in [0.1, 0.15) is 220 Å².